The van der Waals surface area contributed by atoms with Crippen LogP contribution in [0.4, 0.5) is 0 Å². The Morgan fingerprint density at radius 1 is 1.14 bits per heavy atom. The predicted octanol–water partition coefficient (Wildman–Crippen LogP) is 2.48. The third-order valence-corrected chi connectivity index (χ3v) is 3.31. The second kappa shape index (κ2) is 8.20. The third kappa shape index (κ3) is 4.60. The molecule has 1 amide bonds. The van der Waals surface area contributed by atoms with E-state index in [1.165, 1.54) is 0 Å². The van der Waals surface area contributed by atoms with Gasteiger partial charge in [0.05, 0.1) is 6.61 Å². The molecule has 0 radical (unpaired) electrons. The van der Waals surface area contributed by atoms with Crippen molar-refractivity contribution in [1.82, 2.24) is 5.32 Å². The second-order valence-corrected chi connectivity index (χ2v) is 4.93. The Morgan fingerprint density at radius 3 is 2.45 bits per heavy atom. The summed E-state index contributed by atoms with van der Waals surface area (Å²) in [5.41, 5.74) is 1.71. The topological polar surface area (TPSA) is 58.6 Å². The Labute approximate surface area is 130 Å². The summed E-state index contributed by atoms with van der Waals surface area (Å²) in [5.74, 6) is 0.465. The highest BCUT2D eigenvalue weighted by molar-refractivity contribution is 5.81. The number of ether oxygens (including phenoxy) is 1. The highest BCUT2D eigenvalue weighted by atomic mass is 16.5. The van der Waals surface area contributed by atoms with Crippen molar-refractivity contribution in [1.29, 1.82) is 0 Å². The summed E-state index contributed by atoms with van der Waals surface area (Å²) in [7, 11) is 0. The molecular formula is C18H21NO3. The minimum atomic E-state index is -1.12. The smallest absolute Gasteiger partial charge is 0.253 e. The molecule has 0 fully saturated rings. The summed E-state index contributed by atoms with van der Waals surface area (Å²) in [6, 6.07) is 16.7. The lowest BCUT2D eigenvalue weighted by Gasteiger charge is -2.11. The van der Waals surface area contributed by atoms with Crippen LogP contribution >= 0.6 is 0 Å². The Balaban J connectivity index is 1.79. The number of aliphatic hydroxyl groups is 1. The van der Waals surface area contributed by atoms with Crippen LogP contribution in [0.3, 0.4) is 0 Å². The molecule has 0 unspecified atom stereocenters. The maximum Gasteiger partial charge on any atom is 0.253 e. The minimum absolute atomic E-state index is 0.378. The third-order valence-electron chi connectivity index (χ3n) is 3.31. The first-order valence-corrected chi connectivity index (χ1v) is 7.43. The molecule has 4 nitrogen and oxygen atoms in total. The summed E-state index contributed by atoms with van der Waals surface area (Å²) in [6.45, 7) is 3.07. The summed E-state index contributed by atoms with van der Waals surface area (Å²) in [6.07, 6.45) is -0.416. The van der Waals surface area contributed by atoms with E-state index in [2.05, 4.69) is 5.32 Å². The van der Waals surface area contributed by atoms with Gasteiger partial charge in [-0.25, -0.2) is 0 Å². The zero-order valence-corrected chi connectivity index (χ0v) is 12.7. The number of carbonyl (C=O) groups excluding carboxylic acids is 1. The van der Waals surface area contributed by atoms with E-state index in [0.29, 0.717) is 25.1 Å². The van der Waals surface area contributed by atoms with Gasteiger partial charge >= 0.3 is 0 Å². The van der Waals surface area contributed by atoms with Gasteiger partial charge in [0.2, 0.25) is 0 Å². The maximum absolute atomic E-state index is 11.9. The van der Waals surface area contributed by atoms with Crippen LogP contribution in [0.1, 0.15) is 24.2 Å². The Kier molecular flexibility index (Phi) is 5.98. The highest BCUT2D eigenvalue weighted by Gasteiger charge is 2.15. The van der Waals surface area contributed by atoms with E-state index in [1.807, 2.05) is 37.3 Å². The van der Waals surface area contributed by atoms with Crippen LogP contribution in [0.2, 0.25) is 0 Å². The van der Waals surface area contributed by atoms with E-state index < -0.39 is 6.10 Å². The molecule has 2 N–H and O–H groups in total. The van der Waals surface area contributed by atoms with Crippen molar-refractivity contribution in [2.24, 2.45) is 0 Å². The summed E-state index contributed by atoms with van der Waals surface area (Å²) in [4.78, 5) is 11.9. The van der Waals surface area contributed by atoms with Crippen molar-refractivity contribution in [3.63, 3.8) is 0 Å². The molecule has 0 saturated carbocycles. The van der Waals surface area contributed by atoms with E-state index >= 15 is 0 Å². The summed E-state index contributed by atoms with van der Waals surface area (Å²) >= 11 is 0. The number of rotatable bonds is 7. The number of benzene rings is 2. The van der Waals surface area contributed by atoms with Crippen LogP contribution in [-0.2, 0) is 11.2 Å². The summed E-state index contributed by atoms with van der Waals surface area (Å²) < 4.78 is 5.38. The van der Waals surface area contributed by atoms with Gasteiger partial charge in [0.25, 0.3) is 5.91 Å². The molecule has 2 aromatic rings. The van der Waals surface area contributed by atoms with Crippen LogP contribution in [0.25, 0.3) is 0 Å². The molecule has 2 aromatic carbocycles. The number of hydrogen-bond donors (Lipinski definition) is 2. The molecule has 1 atom stereocenters. The molecule has 0 aromatic heterocycles. The monoisotopic (exact) mass is 299 g/mol. The number of hydrogen-bond acceptors (Lipinski definition) is 3. The normalized spacial score (nSPS) is 11.7. The van der Waals surface area contributed by atoms with Crippen molar-refractivity contribution in [3.05, 3.63) is 65.7 Å². The largest absolute Gasteiger partial charge is 0.494 e. The molecule has 0 saturated heterocycles. The van der Waals surface area contributed by atoms with Crippen LogP contribution in [0, 0.1) is 0 Å². The van der Waals surface area contributed by atoms with Crippen molar-refractivity contribution in [2.75, 3.05) is 13.2 Å². The molecule has 116 valence electrons. The lowest BCUT2D eigenvalue weighted by Crippen LogP contribution is -2.30. The van der Waals surface area contributed by atoms with Crippen LogP contribution < -0.4 is 10.1 Å². The average molecular weight is 299 g/mol. The molecule has 0 bridgehead atoms. The lowest BCUT2D eigenvalue weighted by atomic mass is 10.1. The van der Waals surface area contributed by atoms with E-state index in [0.717, 1.165) is 11.3 Å². The quantitative estimate of drug-likeness (QED) is 0.826. The van der Waals surface area contributed by atoms with Gasteiger partial charge in [0.1, 0.15) is 5.75 Å². The van der Waals surface area contributed by atoms with Crippen molar-refractivity contribution < 1.29 is 14.6 Å². The fourth-order valence-corrected chi connectivity index (χ4v) is 2.13. The standard InChI is InChI=1S/C18H21NO3/c1-2-22-16-10-8-14(9-11-16)12-13-19-18(21)17(20)15-6-4-3-5-7-15/h3-11,17,20H,2,12-13H2,1H3,(H,19,21)/t17-/m1/s1. The van der Waals surface area contributed by atoms with Gasteiger partial charge in [-0.15, -0.1) is 0 Å². The SMILES string of the molecule is CCOc1ccc(CCNC(=O)[C@H](O)c2ccccc2)cc1. The molecule has 0 aliphatic carbocycles. The first kappa shape index (κ1) is 16.0. The highest BCUT2D eigenvalue weighted by Crippen LogP contribution is 2.13. The van der Waals surface area contributed by atoms with Gasteiger partial charge in [-0.1, -0.05) is 42.5 Å². The minimum Gasteiger partial charge on any atom is -0.494 e. The van der Waals surface area contributed by atoms with Gasteiger partial charge in [0.15, 0.2) is 6.10 Å². The molecule has 0 aliphatic heterocycles. The lowest BCUT2D eigenvalue weighted by molar-refractivity contribution is -0.129. The van der Waals surface area contributed by atoms with Crippen molar-refractivity contribution in [2.45, 2.75) is 19.4 Å². The van der Waals surface area contributed by atoms with Gasteiger partial charge < -0.3 is 15.2 Å². The maximum atomic E-state index is 11.9. The first-order chi connectivity index (χ1) is 10.7. The molecule has 0 heterocycles. The van der Waals surface area contributed by atoms with E-state index in [-0.39, 0.29) is 5.91 Å². The van der Waals surface area contributed by atoms with Crippen molar-refractivity contribution in [3.8, 4) is 5.75 Å². The fraction of sp³-hybridized carbons (Fsp3) is 0.278. The van der Waals surface area contributed by atoms with E-state index in [1.54, 1.807) is 24.3 Å². The van der Waals surface area contributed by atoms with Crippen LogP contribution in [-0.4, -0.2) is 24.2 Å². The Bertz CT molecular complexity index is 581. The summed E-state index contributed by atoms with van der Waals surface area (Å²) in [5, 5.41) is 12.7. The molecule has 22 heavy (non-hydrogen) atoms. The van der Waals surface area contributed by atoms with E-state index in [9.17, 15) is 9.90 Å². The first-order valence-electron chi connectivity index (χ1n) is 7.43. The Morgan fingerprint density at radius 2 is 1.82 bits per heavy atom. The van der Waals surface area contributed by atoms with Crippen LogP contribution in [0.5, 0.6) is 5.75 Å². The second-order valence-electron chi connectivity index (χ2n) is 4.93. The predicted molar refractivity (Wildman–Crippen MR) is 85.7 cm³/mol. The molecule has 2 rings (SSSR count). The van der Waals surface area contributed by atoms with Gasteiger partial charge in [-0.05, 0) is 36.6 Å². The van der Waals surface area contributed by atoms with Crippen LogP contribution in [0.15, 0.2) is 54.6 Å². The zero-order valence-electron chi connectivity index (χ0n) is 12.7. The average Bonchev–Trinajstić information content (AvgIpc) is 2.56. The number of aliphatic hydroxyl groups excluding tert-OH is 1. The molecule has 0 aliphatic rings. The fourth-order valence-electron chi connectivity index (χ4n) is 2.13. The molecule has 0 spiro atoms. The Hall–Kier alpha value is -2.33. The number of amides is 1. The van der Waals surface area contributed by atoms with Crippen molar-refractivity contribution >= 4 is 5.91 Å². The zero-order chi connectivity index (χ0) is 15.8. The van der Waals surface area contributed by atoms with Gasteiger partial charge in [-0.2, -0.15) is 0 Å². The van der Waals surface area contributed by atoms with E-state index in [4.69, 9.17) is 4.74 Å². The van der Waals surface area contributed by atoms with Gasteiger partial charge in [-0.3, -0.25) is 4.79 Å². The number of nitrogens with one attached hydrogen (secondary N) is 1. The molecular weight excluding hydrogens is 278 g/mol. The molecule has 4 heteroatoms. The van der Waals surface area contributed by atoms with Gasteiger partial charge in [0, 0.05) is 6.54 Å². The number of carbonyl (C=O) groups is 1.